The van der Waals surface area contributed by atoms with Crippen molar-refractivity contribution in [1.29, 1.82) is 0 Å². The number of fused-ring (bicyclic) bond motifs is 1. The number of aliphatic hydroxyl groups is 1. The number of hydrogen-bond acceptors (Lipinski definition) is 2. The highest BCUT2D eigenvalue weighted by atomic mass is 19.1. The highest BCUT2D eigenvalue weighted by Gasteiger charge is 2.20. The molecule has 0 saturated heterocycles. The molecule has 0 spiro atoms. The van der Waals surface area contributed by atoms with Crippen molar-refractivity contribution in [2.45, 2.75) is 38.9 Å². The third kappa shape index (κ3) is 2.93. The van der Waals surface area contributed by atoms with Crippen LogP contribution in [0.15, 0.2) is 36.4 Å². The summed E-state index contributed by atoms with van der Waals surface area (Å²) in [5, 5.41) is 10.0. The Morgan fingerprint density at radius 2 is 2.14 bits per heavy atom. The second-order valence-corrected chi connectivity index (χ2v) is 5.59. The van der Waals surface area contributed by atoms with Gasteiger partial charge >= 0.3 is 0 Å². The van der Waals surface area contributed by atoms with Gasteiger partial charge in [-0.25, -0.2) is 4.39 Å². The van der Waals surface area contributed by atoms with Crippen LogP contribution in [0.3, 0.4) is 0 Å². The van der Waals surface area contributed by atoms with Crippen LogP contribution in [-0.2, 0) is 13.0 Å². The smallest absolute Gasteiger partial charge is 0.123 e. The standard InChI is InChI=1S/C18H19FO2/c1-12-8-9-14(19)10-13(12)11-21-18-7-3-4-15-16(18)5-2-6-17(15)20/h3-4,7-10,17,20H,2,5-6,11H2,1H3. The minimum absolute atomic E-state index is 0.246. The third-order valence-electron chi connectivity index (χ3n) is 4.13. The third-order valence-corrected chi connectivity index (χ3v) is 4.13. The molecule has 0 aliphatic heterocycles. The molecule has 0 radical (unpaired) electrons. The topological polar surface area (TPSA) is 29.5 Å². The lowest BCUT2D eigenvalue weighted by molar-refractivity contribution is 0.155. The minimum Gasteiger partial charge on any atom is -0.489 e. The van der Waals surface area contributed by atoms with Gasteiger partial charge in [0.25, 0.3) is 0 Å². The fourth-order valence-corrected chi connectivity index (χ4v) is 2.88. The molecule has 0 heterocycles. The van der Waals surface area contributed by atoms with Crippen molar-refractivity contribution in [2.24, 2.45) is 0 Å². The molecule has 3 heteroatoms. The van der Waals surface area contributed by atoms with Crippen LogP contribution in [0.5, 0.6) is 5.75 Å². The average Bonchev–Trinajstić information content (AvgIpc) is 2.49. The summed E-state index contributed by atoms with van der Waals surface area (Å²) in [5.74, 6) is 0.555. The minimum atomic E-state index is -0.395. The lowest BCUT2D eigenvalue weighted by Gasteiger charge is -2.23. The maximum atomic E-state index is 13.3. The van der Waals surface area contributed by atoms with Gasteiger partial charge < -0.3 is 9.84 Å². The van der Waals surface area contributed by atoms with Crippen LogP contribution in [0, 0.1) is 12.7 Å². The monoisotopic (exact) mass is 286 g/mol. The second-order valence-electron chi connectivity index (χ2n) is 5.59. The van der Waals surface area contributed by atoms with Crippen LogP contribution in [0.2, 0.25) is 0 Å². The fraction of sp³-hybridized carbons (Fsp3) is 0.333. The summed E-state index contributed by atoms with van der Waals surface area (Å²) in [6.07, 6.45) is 2.30. The van der Waals surface area contributed by atoms with Gasteiger partial charge in [0.15, 0.2) is 0 Å². The number of hydrogen-bond donors (Lipinski definition) is 1. The normalized spacial score (nSPS) is 17.4. The number of aryl methyl sites for hydroxylation is 1. The van der Waals surface area contributed by atoms with Gasteiger partial charge in [-0.2, -0.15) is 0 Å². The SMILES string of the molecule is Cc1ccc(F)cc1COc1cccc2c1CCCC2O. The van der Waals surface area contributed by atoms with E-state index in [1.807, 2.05) is 25.1 Å². The van der Waals surface area contributed by atoms with Crippen LogP contribution in [0.1, 0.15) is 41.2 Å². The van der Waals surface area contributed by atoms with Crippen molar-refractivity contribution in [2.75, 3.05) is 0 Å². The maximum Gasteiger partial charge on any atom is 0.123 e. The van der Waals surface area contributed by atoms with Crippen molar-refractivity contribution in [3.63, 3.8) is 0 Å². The first kappa shape index (κ1) is 14.1. The molecule has 3 rings (SSSR count). The molecular formula is C18H19FO2. The van der Waals surface area contributed by atoms with E-state index in [4.69, 9.17) is 4.74 Å². The number of aliphatic hydroxyl groups excluding tert-OH is 1. The van der Waals surface area contributed by atoms with Crippen LogP contribution < -0.4 is 4.74 Å². The van der Waals surface area contributed by atoms with Crippen molar-refractivity contribution in [3.05, 3.63) is 64.5 Å². The van der Waals surface area contributed by atoms with Crippen LogP contribution in [0.25, 0.3) is 0 Å². The van der Waals surface area contributed by atoms with E-state index < -0.39 is 6.10 Å². The molecule has 1 aliphatic carbocycles. The van der Waals surface area contributed by atoms with E-state index >= 15 is 0 Å². The lowest BCUT2D eigenvalue weighted by atomic mass is 9.89. The zero-order valence-electron chi connectivity index (χ0n) is 12.1. The van der Waals surface area contributed by atoms with E-state index in [-0.39, 0.29) is 5.82 Å². The van der Waals surface area contributed by atoms with Crippen molar-refractivity contribution in [1.82, 2.24) is 0 Å². The molecule has 0 fully saturated rings. The molecular weight excluding hydrogens is 267 g/mol. The van der Waals surface area contributed by atoms with Gasteiger partial charge in [0.2, 0.25) is 0 Å². The average molecular weight is 286 g/mol. The van der Waals surface area contributed by atoms with E-state index in [0.717, 1.165) is 47.3 Å². The van der Waals surface area contributed by atoms with E-state index in [9.17, 15) is 9.50 Å². The van der Waals surface area contributed by atoms with Gasteiger partial charge in [0.1, 0.15) is 18.2 Å². The van der Waals surface area contributed by atoms with Gasteiger partial charge in [-0.05, 0) is 66.6 Å². The lowest BCUT2D eigenvalue weighted by Crippen LogP contribution is -2.11. The van der Waals surface area contributed by atoms with E-state index in [1.165, 1.54) is 12.1 Å². The summed E-state index contributed by atoms with van der Waals surface area (Å²) in [4.78, 5) is 0. The Bertz CT molecular complexity index is 652. The highest BCUT2D eigenvalue weighted by Crippen LogP contribution is 2.35. The van der Waals surface area contributed by atoms with Crippen molar-refractivity contribution < 1.29 is 14.2 Å². The van der Waals surface area contributed by atoms with Crippen LogP contribution in [0.4, 0.5) is 4.39 Å². The van der Waals surface area contributed by atoms with Crippen LogP contribution >= 0.6 is 0 Å². The summed E-state index contributed by atoms with van der Waals surface area (Å²) in [7, 11) is 0. The zero-order chi connectivity index (χ0) is 14.8. The van der Waals surface area contributed by atoms with E-state index in [2.05, 4.69) is 0 Å². The molecule has 0 amide bonds. The Morgan fingerprint density at radius 3 is 3.00 bits per heavy atom. The number of ether oxygens (including phenoxy) is 1. The molecule has 2 aromatic carbocycles. The first-order valence-electron chi connectivity index (χ1n) is 7.33. The summed E-state index contributed by atoms with van der Waals surface area (Å²) in [6, 6.07) is 10.5. The van der Waals surface area contributed by atoms with Crippen LogP contribution in [-0.4, -0.2) is 5.11 Å². The Morgan fingerprint density at radius 1 is 1.29 bits per heavy atom. The number of halogens is 1. The number of benzene rings is 2. The van der Waals surface area contributed by atoms with E-state index in [1.54, 1.807) is 6.07 Å². The number of rotatable bonds is 3. The molecule has 0 saturated carbocycles. The fourth-order valence-electron chi connectivity index (χ4n) is 2.88. The second kappa shape index (κ2) is 5.86. The van der Waals surface area contributed by atoms with Gasteiger partial charge in [0, 0.05) is 0 Å². The predicted octanol–water partition coefficient (Wildman–Crippen LogP) is 4.08. The Hall–Kier alpha value is -1.87. The molecule has 0 aromatic heterocycles. The summed E-state index contributed by atoms with van der Waals surface area (Å²) >= 11 is 0. The molecule has 110 valence electrons. The molecule has 2 aromatic rings. The van der Waals surface area contributed by atoms with Gasteiger partial charge in [-0.3, -0.25) is 0 Å². The summed E-state index contributed by atoms with van der Waals surface area (Å²) in [6.45, 7) is 2.29. The first-order valence-corrected chi connectivity index (χ1v) is 7.33. The zero-order valence-corrected chi connectivity index (χ0v) is 12.1. The predicted molar refractivity (Wildman–Crippen MR) is 79.8 cm³/mol. The molecule has 2 nitrogen and oxygen atoms in total. The maximum absolute atomic E-state index is 13.3. The first-order chi connectivity index (χ1) is 10.1. The molecule has 1 aliphatic rings. The van der Waals surface area contributed by atoms with Gasteiger partial charge in [0.05, 0.1) is 6.10 Å². The highest BCUT2D eigenvalue weighted by molar-refractivity contribution is 5.43. The Kier molecular flexibility index (Phi) is 3.93. The molecule has 1 atom stereocenters. The summed E-state index contributed by atoms with van der Waals surface area (Å²) < 4.78 is 19.2. The quantitative estimate of drug-likeness (QED) is 0.921. The van der Waals surface area contributed by atoms with Crippen molar-refractivity contribution >= 4 is 0 Å². The molecule has 1 N–H and O–H groups in total. The van der Waals surface area contributed by atoms with Gasteiger partial charge in [-0.15, -0.1) is 0 Å². The van der Waals surface area contributed by atoms with E-state index in [0.29, 0.717) is 6.61 Å². The largest absolute Gasteiger partial charge is 0.489 e. The Labute approximate surface area is 124 Å². The Balaban J connectivity index is 1.83. The van der Waals surface area contributed by atoms with Crippen molar-refractivity contribution in [3.8, 4) is 5.75 Å². The molecule has 1 unspecified atom stereocenters. The summed E-state index contributed by atoms with van der Waals surface area (Å²) in [5.41, 5.74) is 3.92. The van der Waals surface area contributed by atoms with Gasteiger partial charge in [-0.1, -0.05) is 18.2 Å². The molecule has 21 heavy (non-hydrogen) atoms. The molecule has 0 bridgehead atoms.